The van der Waals surface area contributed by atoms with Gasteiger partial charge in [-0.2, -0.15) is 13.2 Å². The van der Waals surface area contributed by atoms with Gasteiger partial charge in [0.2, 0.25) is 5.95 Å². The van der Waals surface area contributed by atoms with E-state index in [4.69, 9.17) is 14.6 Å². The van der Waals surface area contributed by atoms with Gasteiger partial charge in [-0.25, -0.2) is 19.2 Å². The number of rotatable bonds is 4. The average molecular weight is 457 g/mol. The number of anilines is 1. The number of halogens is 4. The molecule has 2 saturated heterocycles. The molecule has 0 aromatic carbocycles. The second-order valence-corrected chi connectivity index (χ2v) is 7.70. The Hall–Kier alpha value is -2.86. The number of nitrogens with one attached hydrogen (secondary N) is 1. The van der Waals surface area contributed by atoms with E-state index in [9.17, 15) is 17.6 Å². The number of aliphatic carboxylic acids is 1. The van der Waals surface area contributed by atoms with Crippen LogP contribution in [0.5, 0.6) is 0 Å². The number of hydrogen-bond donors (Lipinski definition) is 2. The van der Waals surface area contributed by atoms with Gasteiger partial charge < -0.3 is 15.2 Å². The summed E-state index contributed by atoms with van der Waals surface area (Å²) >= 11 is 0. The number of hydrogen-bond acceptors (Lipinski definition) is 7. The summed E-state index contributed by atoms with van der Waals surface area (Å²) in [4.78, 5) is 23.7. The Morgan fingerprint density at radius 3 is 2.62 bits per heavy atom. The van der Waals surface area contributed by atoms with Crippen molar-refractivity contribution < 1.29 is 32.2 Å². The molecule has 0 radical (unpaired) electrons. The van der Waals surface area contributed by atoms with E-state index in [1.807, 2.05) is 18.3 Å². The number of likely N-dealkylation sites (tertiary alicyclic amines) is 1. The van der Waals surface area contributed by atoms with Crippen LogP contribution >= 0.6 is 0 Å². The van der Waals surface area contributed by atoms with Crippen molar-refractivity contribution in [1.29, 1.82) is 0 Å². The van der Waals surface area contributed by atoms with E-state index in [1.165, 1.54) is 12.4 Å². The molecule has 2 aliphatic heterocycles. The number of carboxylic acids is 1. The maximum absolute atomic E-state index is 12.9. The monoisotopic (exact) mass is 457 g/mol. The Balaban J connectivity index is 0.000000360. The second-order valence-electron chi connectivity index (χ2n) is 7.70. The molecule has 2 N–H and O–H groups in total. The van der Waals surface area contributed by atoms with Crippen LogP contribution in [0.15, 0.2) is 36.8 Å². The average Bonchev–Trinajstić information content (AvgIpc) is 3.11. The van der Waals surface area contributed by atoms with E-state index in [0.29, 0.717) is 12.6 Å². The summed E-state index contributed by atoms with van der Waals surface area (Å²) in [5.74, 6) is -2.73. The third-order valence-corrected chi connectivity index (χ3v) is 5.14. The van der Waals surface area contributed by atoms with Crippen LogP contribution in [0, 0.1) is 5.82 Å². The fraction of sp³-hybridized carbons (Fsp3) is 0.500. The van der Waals surface area contributed by atoms with E-state index in [2.05, 4.69) is 31.2 Å². The molecule has 2 aliphatic rings. The number of alkyl halides is 3. The molecular weight excluding hydrogens is 434 g/mol. The molecule has 2 aromatic heterocycles. The van der Waals surface area contributed by atoms with E-state index in [0.717, 1.165) is 44.6 Å². The summed E-state index contributed by atoms with van der Waals surface area (Å²) in [5.41, 5.74) is 0.969. The summed E-state index contributed by atoms with van der Waals surface area (Å²) in [7, 11) is 0. The standard InChI is InChI=1S/C18H22FN5O.C2HF3O2/c19-14-9-21-17(22-10-14)23-16-8-18(25-12-16)5-3-7-24(13-18)11-15-4-1-2-6-20-15;3-2(4,5)1(6)7/h1-2,4,6,9-10,16H,3,5,7-8,11-13H2,(H,21,22,23);(H,6,7). The van der Waals surface area contributed by atoms with Gasteiger partial charge in [0, 0.05) is 25.7 Å². The molecule has 2 unspecified atom stereocenters. The molecule has 2 atom stereocenters. The van der Waals surface area contributed by atoms with Crippen molar-refractivity contribution >= 4 is 11.9 Å². The number of piperidine rings is 1. The molecule has 0 saturated carbocycles. The third-order valence-electron chi connectivity index (χ3n) is 5.14. The molecule has 4 heterocycles. The second kappa shape index (κ2) is 10.2. The molecule has 4 rings (SSSR count). The summed E-state index contributed by atoms with van der Waals surface area (Å²) in [6, 6.07) is 6.18. The van der Waals surface area contributed by atoms with Crippen molar-refractivity contribution in [3.05, 3.63) is 48.3 Å². The normalized spacial score (nSPS) is 23.4. The number of ether oxygens (including phenoxy) is 1. The Kier molecular flexibility index (Phi) is 7.56. The quantitative estimate of drug-likeness (QED) is 0.677. The molecule has 12 heteroatoms. The van der Waals surface area contributed by atoms with Gasteiger partial charge in [-0.1, -0.05) is 6.07 Å². The van der Waals surface area contributed by atoms with Gasteiger partial charge in [0.1, 0.15) is 0 Å². The van der Waals surface area contributed by atoms with Crippen LogP contribution in [0.2, 0.25) is 0 Å². The first-order valence-electron chi connectivity index (χ1n) is 9.96. The lowest BCUT2D eigenvalue weighted by atomic mass is 9.88. The van der Waals surface area contributed by atoms with Crippen LogP contribution in [0.3, 0.4) is 0 Å². The lowest BCUT2D eigenvalue weighted by molar-refractivity contribution is -0.192. The van der Waals surface area contributed by atoms with Gasteiger partial charge in [0.15, 0.2) is 5.82 Å². The summed E-state index contributed by atoms with van der Waals surface area (Å²) in [6.45, 7) is 3.45. The highest BCUT2D eigenvalue weighted by atomic mass is 19.4. The largest absolute Gasteiger partial charge is 0.490 e. The zero-order valence-electron chi connectivity index (χ0n) is 17.1. The van der Waals surface area contributed by atoms with Gasteiger partial charge in [-0.15, -0.1) is 0 Å². The minimum atomic E-state index is -5.08. The molecule has 32 heavy (non-hydrogen) atoms. The van der Waals surface area contributed by atoms with Crippen LogP contribution < -0.4 is 5.32 Å². The molecule has 1 spiro atoms. The van der Waals surface area contributed by atoms with E-state index < -0.39 is 18.0 Å². The maximum atomic E-state index is 12.9. The Labute approximate surface area is 181 Å². The number of pyridine rings is 1. The molecule has 8 nitrogen and oxygen atoms in total. The van der Waals surface area contributed by atoms with Gasteiger partial charge in [-0.3, -0.25) is 9.88 Å². The minimum Gasteiger partial charge on any atom is -0.475 e. The van der Waals surface area contributed by atoms with Gasteiger partial charge >= 0.3 is 12.1 Å². The summed E-state index contributed by atoms with van der Waals surface area (Å²) in [6.07, 6.45) is 2.20. The van der Waals surface area contributed by atoms with Crippen LogP contribution in [0.1, 0.15) is 25.0 Å². The van der Waals surface area contributed by atoms with Gasteiger partial charge in [-0.05, 0) is 31.5 Å². The maximum Gasteiger partial charge on any atom is 0.490 e. The summed E-state index contributed by atoms with van der Waals surface area (Å²) < 4.78 is 50.9. The highest BCUT2D eigenvalue weighted by Gasteiger charge is 2.43. The SMILES string of the molecule is Fc1cnc(NC2COC3(CCCN(Cc4ccccn4)C3)C2)nc1.O=C(O)C(F)(F)F. The molecular formula is C20H23F4N5O3. The third kappa shape index (κ3) is 6.82. The van der Waals surface area contributed by atoms with E-state index in [1.54, 1.807) is 0 Å². The van der Waals surface area contributed by atoms with Gasteiger partial charge in [0.05, 0.1) is 36.3 Å². The van der Waals surface area contributed by atoms with Crippen LogP contribution in [-0.2, 0) is 16.1 Å². The summed E-state index contributed by atoms with van der Waals surface area (Å²) in [5, 5.41) is 10.4. The van der Waals surface area contributed by atoms with Crippen molar-refractivity contribution in [2.45, 2.75) is 43.6 Å². The smallest absolute Gasteiger partial charge is 0.475 e. The number of carboxylic acid groups (broad SMARTS) is 1. The first kappa shape index (κ1) is 23.8. The molecule has 0 amide bonds. The van der Waals surface area contributed by atoms with Crippen molar-refractivity contribution in [3.63, 3.8) is 0 Å². The lowest BCUT2D eigenvalue weighted by Gasteiger charge is -2.39. The molecule has 0 bridgehead atoms. The van der Waals surface area contributed by atoms with E-state index in [-0.39, 0.29) is 11.6 Å². The van der Waals surface area contributed by atoms with Crippen LogP contribution in [-0.4, -0.2) is 68.4 Å². The van der Waals surface area contributed by atoms with Crippen LogP contribution in [0.25, 0.3) is 0 Å². The zero-order valence-corrected chi connectivity index (χ0v) is 17.1. The van der Waals surface area contributed by atoms with Crippen molar-refractivity contribution in [2.75, 3.05) is 25.0 Å². The number of aromatic nitrogens is 3. The molecule has 174 valence electrons. The van der Waals surface area contributed by atoms with Crippen LogP contribution in [0.4, 0.5) is 23.5 Å². The lowest BCUT2D eigenvalue weighted by Crippen LogP contribution is -2.47. The highest BCUT2D eigenvalue weighted by Crippen LogP contribution is 2.35. The number of carbonyl (C=O) groups is 1. The zero-order chi connectivity index (χ0) is 23.2. The van der Waals surface area contributed by atoms with E-state index >= 15 is 0 Å². The Bertz CT molecular complexity index is 885. The predicted molar refractivity (Wildman–Crippen MR) is 105 cm³/mol. The number of nitrogens with zero attached hydrogens (tertiary/aromatic N) is 4. The predicted octanol–water partition coefficient (Wildman–Crippen LogP) is 2.88. The molecule has 2 aromatic rings. The van der Waals surface area contributed by atoms with Gasteiger partial charge in [0.25, 0.3) is 0 Å². The fourth-order valence-corrected chi connectivity index (χ4v) is 3.84. The Morgan fingerprint density at radius 2 is 2.00 bits per heavy atom. The van der Waals surface area contributed by atoms with Crippen molar-refractivity contribution in [3.8, 4) is 0 Å². The molecule has 2 fully saturated rings. The Morgan fingerprint density at radius 1 is 1.28 bits per heavy atom. The fourth-order valence-electron chi connectivity index (χ4n) is 3.84. The highest BCUT2D eigenvalue weighted by molar-refractivity contribution is 5.73. The minimum absolute atomic E-state index is 0.120. The first-order valence-corrected chi connectivity index (χ1v) is 9.96. The molecule has 0 aliphatic carbocycles. The van der Waals surface area contributed by atoms with Crippen molar-refractivity contribution in [2.24, 2.45) is 0 Å². The van der Waals surface area contributed by atoms with Crippen molar-refractivity contribution in [1.82, 2.24) is 19.9 Å². The first-order chi connectivity index (χ1) is 15.2. The topological polar surface area (TPSA) is 100 Å².